The van der Waals surface area contributed by atoms with E-state index in [1.165, 1.54) is 37.4 Å². The Kier molecular flexibility index (Phi) is 4.22. The number of hydrogen-bond acceptors (Lipinski definition) is 5. The largest absolute Gasteiger partial charge is 0.495 e. The summed E-state index contributed by atoms with van der Waals surface area (Å²) >= 11 is 5.87. The van der Waals surface area contributed by atoms with Gasteiger partial charge in [0.1, 0.15) is 11.5 Å². The minimum absolute atomic E-state index is 0.129. The van der Waals surface area contributed by atoms with Crippen molar-refractivity contribution in [2.75, 3.05) is 11.8 Å². The molecule has 0 bridgehead atoms. The van der Waals surface area contributed by atoms with Crippen LogP contribution in [0.2, 0.25) is 5.02 Å². The summed E-state index contributed by atoms with van der Waals surface area (Å²) in [6, 6.07) is 7.39. The molecule has 0 fully saturated rings. The fourth-order valence-corrected chi connectivity index (χ4v) is 2.74. The van der Waals surface area contributed by atoms with Crippen LogP contribution in [0.5, 0.6) is 5.75 Å². The Morgan fingerprint density at radius 3 is 2.70 bits per heavy atom. The first-order chi connectivity index (χ1) is 9.46. The minimum Gasteiger partial charge on any atom is -0.495 e. The first-order valence-corrected chi connectivity index (χ1v) is 7.47. The van der Waals surface area contributed by atoms with Crippen molar-refractivity contribution >= 4 is 27.3 Å². The first kappa shape index (κ1) is 14.7. The molecule has 0 saturated carbocycles. The van der Waals surface area contributed by atoms with E-state index in [2.05, 4.69) is 4.72 Å². The standard InChI is InChI=1S/C12H13ClN2O4S/c1-18-11-6-8(2-4-10(11)13)15-20(16,17)12-5-3-9(7-14)19-12/h2-6,15H,7,14H2,1H3. The number of ether oxygens (including phenoxy) is 1. The lowest BCUT2D eigenvalue weighted by Gasteiger charge is -2.08. The molecule has 0 spiro atoms. The quantitative estimate of drug-likeness (QED) is 0.881. The van der Waals surface area contributed by atoms with Gasteiger partial charge in [-0.15, -0.1) is 0 Å². The molecule has 2 rings (SSSR count). The molecule has 8 heteroatoms. The van der Waals surface area contributed by atoms with E-state index >= 15 is 0 Å². The maximum absolute atomic E-state index is 12.1. The summed E-state index contributed by atoms with van der Waals surface area (Å²) in [5.41, 5.74) is 5.69. The van der Waals surface area contributed by atoms with Crippen molar-refractivity contribution in [3.8, 4) is 5.75 Å². The topological polar surface area (TPSA) is 94.6 Å². The Morgan fingerprint density at radius 2 is 2.10 bits per heavy atom. The second-order valence-corrected chi connectivity index (χ2v) is 5.90. The van der Waals surface area contributed by atoms with E-state index in [0.29, 0.717) is 22.2 Å². The molecule has 108 valence electrons. The monoisotopic (exact) mass is 316 g/mol. The average molecular weight is 317 g/mol. The fraction of sp³-hybridized carbons (Fsp3) is 0.167. The first-order valence-electron chi connectivity index (χ1n) is 5.61. The van der Waals surface area contributed by atoms with Gasteiger partial charge >= 0.3 is 0 Å². The maximum atomic E-state index is 12.1. The molecular weight excluding hydrogens is 304 g/mol. The van der Waals surface area contributed by atoms with Crippen LogP contribution in [0.4, 0.5) is 5.69 Å². The number of nitrogens with one attached hydrogen (secondary N) is 1. The summed E-state index contributed by atoms with van der Waals surface area (Å²) in [4.78, 5) is 0. The summed E-state index contributed by atoms with van der Waals surface area (Å²) in [6.07, 6.45) is 0. The summed E-state index contributed by atoms with van der Waals surface area (Å²) in [5.74, 6) is 0.757. The van der Waals surface area contributed by atoms with Gasteiger partial charge in [0.2, 0.25) is 5.09 Å². The van der Waals surface area contributed by atoms with Crippen molar-refractivity contribution in [2.24, 2.45) is 5.73 Å². The van der Waals surface area contributed by atoms with Gasteiger partial charge in [0.05, 0.1) is 24.4 Å². The predicted molar refractivity (Wildman–Crippen MR) is 75.4 cm³/mol. The number of halogens is 1. The molecule has 2 aromatic rings. The molecule has 1 aromatic heterocycles. The van der Waals surface area contributed by atoms with Crippen molar-refractivity contribution in [3.05, 3.63) is 41.1 Å². The zero-order valence-corrected chi connectivity index (χ0v) is 12.2. The Bertz CT molecular complexity index is 712. The van der Waals surface area contributed by atoms with E-state index in [4.69, 9.17) is 26.5 Å². The molecule has 3 N–H and O–H groups in total. The van der Waals surface area contributed by atoms with Crippen molar-refractivity contribution in [2.45, 2.75) is 11.6 Å². The van der Waals surface area contributed by atoms with E-state index in [1.54, 1.807) is 0 Å². The average Bonchev–Trinajstić information content (AvgIpc) is 2.90. The van der Waals surface area contributed by atoms with Gasteiger partial charge in [0.15, 0.2) is 0 Å². The lowest BCUT2D eigenvalue weighted by molar-refractivity contribution is 0.415. The number of benzene rings is 1. The lowest BCUT2D eigenvalue weighted by atomic mass is 10.3. The Balaban J connectivity index is 2.28. The van der Waals surface area contributed by atoms with E-state index in [9.17, 15) is 8.42 Å². The van der Waals surface area contributed by atoms with Crippen LogP contribution in [-0.2, 0) is 16.6 Å². The van der Waals surface area contributed by atoms with Crippen LogP contribution >= 0.6 is 11.6 Å². The highest BCUT2D eigenvalue weighted by molar-refractivity contribution is 7.92. The highest BCUT2D eigenvalue weighted by Crippen LogP contribution is 2.28. The third kappa shape index (κ3) is 3.06. The normalized spacial score (nSPS) is 11.3. The second-order valence-electron chi connectivity index (χ2n) is 3.88. The van der Waals surface area contributed by atoms with E-state index in [0.717, 1.165) is 0 Å². The smallest absolute Gasteiger partial charge is 0.295 e. The lowest BCUT2D eigenvalue weighted by Crippen LogP contribution is -2.12. The van der Waals surface area contributed by atoms with Crippen LogP contribution in [0, 0.1) is 0 Å². The summed E-state index contributed by atoms with van der Waals surface area (Å²) in [5, 5.41) is 0.186. The molecule has 1 heterocycles. The third-order valence-corrected chi connectivity index (χ3v) is 4.07. The third-order valence-electron chi connectivity index (χ3n) is 2.51. The van der Waals surface area contributed by atoms with Crippen LogP contribution in [-0.4, -0.2) is 15.5 Å². The molecule has 0 unspecified atom stereocenters. The fourth-order valence-electron chi connectivity index (χ4n) is 1.54. The van der Waals surface area contributed by atoms with Gasteiger partial charge in [-0.2, -0.15) is 8.42 Å². The minimum atomic E-state index is -3.81. The van der Waals surface area contributed by atoms with Gasteiger partial charge in [0.25, 0.3) is 10.0 Å². The van der Waals surface area contributed by atoms with Crippen molar-refractivity contribution < 1.29 is 17.6 Å². The van der Waals surface area contributed by atoms with Crippen molar-refractivity contribution in [3.63, 3.8) is 0 Å². The molecule has 0 atom stereocenters. The Labute approximate surface area is 121 Å². The van der Waals surface area contributed by atoms with Crippen LogP contribution in [0.25, 0.3) is 0 Å². The number of nitrogens with two attached hydrogens (primary N) is 1. The molecule has 0 aliphatic carbocycles. The van der Waals surface area contributed by atoms with Crippen molar-refractivity contribution in [1.29, 1.82) is 0 Å². The molecule has 6 nitrogen and oxygen atoms in total. The zero-order valence-electron chi connectivity index (χ0n) is 10.6. The molecule has 0 radical (unpaired) electrons. The Hall–Kier alpha value is -1.70. The zero-order chi connectivity index (χ0) is 14.8. The van der Waals surface area contributed by atoms with Crippen LogP contribution in [0.1, 0.15) is 5.76 Å². The number of anilines is 1. The van der Waals surface area contributed by atoms with Gasteiger partial charge in [-0.25, -0.2) is 0 Å². The van der Waals surface area contributed by atoms with Gasteiger partial charge in [-0.1, -0.05) is 11.6 Å². The predicted octanol–water partition coefficient (Wildman–Crippen LogP) is 2.20. The molecule has 0 saturated heterocycles. The van der Waals surface area contributed by atoms with Gasteiger partial charge in [-0.05, 0) is 24.3 Å². The molecule has 20 heavy (non-hydrogen) atoms. The van der Waals surface area contributed by atoms with E-state index < -0.39 is 10.0 Å². The summed E-state index contributed by atoms with van der Waals surface area (Å²) in [6.45, 7) is 0.129. The number of rotatable bonds is 5. The van der Waals surface area contributed by atoms with E-state index in [1.807, 2.05) is 0 Å². The molecule has 0 amide bonds. The van der Waals surface area contributed by atoms with Crippen molar-refractivity contribution in [1.82, 2.24) is 0 Å². The summed E-state index contributed by atoms with van der Waals surface area (Å²) in [7, 11) is -2.37. The highest BCUT2D eigenvalue weighted by Gasteiger charge is 2.19. The highest BCUT2D eigenvalue weighted by atomic mass is 35.5. The van der Waals surface area contributed by atoms with Gasteiger partial charge < -0.3 is 14.9 Å². The number of furan rings is 1. The number of hydrogen-bond donors (Lipinski definition) is 2. The van der Waals surface area contributed by atoms with Crippen LogP contribution in [0.15, 0.2) is 39.8 Å². The second kappa shape index (κ2) is 5.74. The van der Waals surface area contributed by atoms with E-state index in [-0.39, 0.29) is 11.6 Å². The molecule has 0 aliphatic heterocycles. The SMILES string of the molecule is COc1cc(NS(=O)(=O)c2ccc(CN)o2)ccc1Cl. The molecule has 1 aromatic carbocycles. The number of sulfonamides is 1. The molecular formula is C12H13ClN2O4S. The van der Waals surface area contributed by atoms with Gasteiger partial charge in [0, 0.05) is 6.07 Å². The van der Waals surface area contributed by atoms with Crippen LogP contribution in [0.3, 0.4) is 0 Å². The van der Waals surface area contributed by atoms with Gasteiger partial charge in [-0.3, -0.25) is 4.72 Å². The Morgan fingerprint density at radius 1 is 1.35 bits per heavy atom. The summed E-state index contributed by atoms with van der Waals surface area (Å²) < 4.78 is 36.7. The van der Waals surface area contributed by atoms with Crippen LogP contribution < -0.4 is 15.2 Å². The molecule has 0 aliphatic rings. The maximum Gasteiger partial charge on any atom is 0.295 e. The number of methoxy groups -OCH3 is 1.